The van der Waals surface area contributed by atoms with Gasteiger partial charge in [0.2, 0.25) is 11.8 Å². The van der Waals surface area contributed by atoms with Crippen LogP contribution in [0.5, 0.6) is 0 Å². The second kappa shape index (κ2) is 4.96. The number of guanidine groups is 1. The number of piperazine rings is 1. The second-order valence-corrected chi connectivity index (χ2v) is 4.05. The summed E-state index contributed by atoms with van der Waals surface area (Å²) in [6, 6.07) is -0.363. The van der Waals surface area contributed by atoms with Gasteiger partial charge in [0.25, 0.3) is 0 Å². The maximum absolute atomic E-state index is 11.6. The van der Waals surface area contributed by atoms with Gasteiger partial charge in [0.05, 0.1) is 0 Å². The van der Waals surface area contributed by atoms with Crippen LogP contribution in [0.25, 0.3) is 0 Å². The summed E-state index contributed by atoms with van der Waals surface area (Å²) in [7, 11) is 0. The molecule has 0 aromatic rings. The number of amides is 2. The van der Waals surface area contributed by atoms with Gasteiger partial charge in [-0.25, -0.2) is 0 Å². The van der Waals surface area contributed by atoms with Crippen LogP contribution in [-0.2, 0) is 9.59 Å². The molecule has 0 aromatic carbocycles. The molecular weight excluding hydrogens is 208 g/mol. The van der Waals surface area contributed by atoms with E-state index >= 15 is 0 Å². The van der Waals surface area contributed by atoms with Crippen molar-refractivity contribution in [3.8, 4) is 0 Å². The van der Waals surface area contributed by atoms with Crippen molar-refractivity contribution < 1.29 is 9.59 Å². The van der Waals surface area contributed by atoms with Crippen molar-refractivity contribution in [3.63, 3.8) is 0 Å². The Morgan fingerprint density at radius 3 is 2.75 bits per heavy atom. The number of hydrogen-bond donors (Lipinski definition) is 2. The molecule has 0 aromatic heterocycles. The number of aliphatic imine (C=N–C) groups is 1. The monoisotopic (exact) mass is 226 g/mol. The van der Waals surface area contributed by atoms with Crippen LogP contribution in [0.1, 0.15) is 27.2 Å². The van der Waals surface area contributed by atoms with E-state index in [1.807, 2.05) is 20.8 Å². The number of nitrogens with zero attached hydrogens (tertiary/aromatic N) is 2. The first-order valence-electron chi connectivity index (χ1n) is 5.39. The molecule has 2 amide bonds. The van der Waals surface area contributed by atoms with Gasteiger partial charge in [-0.2, -0.15) is 0 Å². The number of carbonyl (C=O) groups is 2. The van der Waals surface area contributed by atoms with E-state index in [1.54, 1.807) is 4.90 Å². The standard InChI is InChI=1S/C10H18N4O2/c1-4-7-9(16)13-8(15)5-14(7)10(11)12-6(2)3/h6-7H,4-5H2,1-3H3,(H2,11,12)(H,13,15,16). The van der Waals surface area contributed by atoms with E-state index in [4.69, 9.17) is 5.73 Å². The topological polar surface area (TPSA) is 87.8 Å². The molecule has 16 heavy (non-hydrogen) atoms. The lowest BCUT2D eigenvalue weighted by Gasteiger charge is -2.34. The highest BCUT2D eigenvalue weighted by molar-refractivity contribution is 6.04. The van der Waals surface area contributed by atoms with E-state index in [9.17, 15) is 9.59 Å². The predicted octanol–water partition coefficient (Wildman–Crippen LogP) is -0.553. The van der Waals surface area contributed by atoms with E-state index in [2.05, 4.69) is 10.3 Å². The van der Waals surface area contributed by atoms with Gasteiger partial charge in [0, 0.05) is 6.04 Å². The van der Waals surface area contributed by atoms with Gasteiger partial charge < -0.3 is 10.6 Å². The van der Waals surface area contributed by atoms with Crippen LogP contribution >= 0.6 is 0 Å². The SMILES string of the molecule is CCC1C(=O)NC(=O)CN1C(N)=NC(C)C. The number of rotatable bonds is 2. The highest BCUT2D eigenvalue weighted by Gasteiger charge is 2.33. The molecule has 1 aliphatic heterocycles. The quantitative estimate of drug-likeness (QED) is 0.375. The zero-order chi connectivity index (χ0) is 12.3. The van der Waals surface area contributed by atoms with Gasteiger partial charge in [0.1, 0.15) is 12.6 Å². The molecule has 1 atom stereocenters. The Hall–Kier alpha value is -1.59. The number of carbonyl (C=O) groups excluding carboxylic acids is 2. The molecule has 1 saturated heterocycles. The molecule has 1 heterocycles. The van der Waals surface area contributed by atoms with Crippen molar-refractivity contribution in [1.82, 2.24) is 10.2 Å². The fourth-order valence-corrected chi connectivity index (χ4v) is 1.65. The third-order valence-electron chi connectivity index (χ3n) is 2.33. The minimum atomic E-state index is -0.403. The fraction of sp³-hybridized carbons (Fsp3) is 0.700. The molecule has 90 valence electrons. The summed E-state index contributed by atoms with van der Waals surface area (Å²) in [5.41, 5.74) is 5.78. The van der Waals surface area contributed by atoms with Gasteiger partial charge >= 0.3 is 0 Å². The Morgan fingerprint density at radius 1 is 1.62 bits per heavy atom. The van der Waals surface area contributed by atoms with Crippen molar-refractivity contribution >= 4 is 17.8 Å². The number of imide groups is 1. The molecule has 3 N–H and O–H groups in total. The van der Waals surface area contributed by atoms with Crippen LogP contribution < -0.4 is 11.1 Å². The zero-order valence-corrected chi connectivity index (χ0v) is 9.86. The van der Waals surface area contributed by atoms with Crippen molar-refractivity contribution in [2.24, 2.45) is 10.7 Å². The molecular formula is C10H18N4O2. The van der Waals surface area contributed by atoms with E-state index in [1.165, 1.54) is 0 Å². The summed E-state index contributed by atoms with van der Waals surface area (Å²) in [6.07, 6.45) is 0.591. The lowest BCUT2D eigenvalue weighted by Crippen LogP contribution is -2.61. The van der Waals surface area contributed by atoms with Crippen molar-refractivity contribution in [2.75, 3.05) is 6.54 Å². The third kappa shape index (κ3) is 2.71. The molecule has 0 spiro atoms. The summed E-state index contributed by atoms with van der Waals surface area (Å²) in [4.78, 5) is 28.5. The first-order chi connectivity index (χ1) is 7.45. The van der Waals surface area contributed by atoms with E-state index in [-0.39, 0.29) is 30.4 Å². The predicted molar refractivity (Wildman–Crippen MR) is 60.7 cm³/mol. The molecule has 6 heteroatoms. The Balaban J connectivity index is 2.90. The van der Waals surface area contributed by atoms with E-state index in [0.29, 0.717) is 6.42 Å². The molecule has 1 unspecified atom stereocenters. The van der Waals surface area contributed by atoms with Gasteiger partial charge in [-0.15, -0.1) is 0 Å². The number of nitrogens with two attached hydrogens (primary N) is 1. The summed E-state index contributed by atoms with van der Waals surface area (Å²) < 4.78 is 0. The number of hydrogen-bond acceptors (Lipinski definition) is 3. The summed E-state index contributed by atoms with van der Waals surface area (Å²) in [6.45, 7) is 5.74. The van der Waals surface area contributed by atoms with Crippen LogP contribution in [0.3, 0.4) is 0 Å². The first-order valence-corrected chi connectivity index (χ1v) is 5.39. The first kappa shape index (κ1) is 12.5. The van der Waals surface area contributed by atoms with Gasteiger partial charge in [-0.05, 0) is 20.3 Å². The van der Waals surface area contributed by atoms with Crippen LogP contribution in [0.2, 0.25) is 0 Å². The molecule has 1 rings (SSSR count). The van der Waals surface area contributed by atoms with Crippen LogP contribution in [0.15, 0.2) is 4.99 Å². The average Bonchev–Trinajstić information content (AvgIpc) is 2.15. The van der Waals surface area contributed by atoms with E-state index in [0.717, 1.165) is 0 Å². The van der Waals surface area contributed by atoms with Gasteiger partial charge in [0.15, 0.2) is 5.96 Å². The normalized spacial score (nSPS) is 22.6. The van der Waals surface area contributed by atoms with Crippen LogP contribution in [-0.4, -0.2) is 41.3 Å². The molecule has 0 bridgehead atoms. The molecule has 0 saturated carbocycles. The largest absolute Gasteiger partial charge is 0.370 e. The Labute approximate surface area is 94.9 Å². The average molecular weight is 226 g/mol. The Morgan fingerprint density at radius 2 is 2.25 bits per heavy atom. The van der Waals surface area contributed by atoms with Crippen LogP contribution in [0, 0.1) is 0 Å². The maximum Gasteiger partial charge on any atom is 0.249 e. The molecule has 6 nitrogen and oxygen atoms in total. The minimum Gasteiger partial charge on any atom is -0.370 e. The minimum absolute atomic E-state index is 0.0394. The van der Waals surface area contributed by atoms with Crippen molar-refractivity contribution in [3.05, 3.63) is 0 Å². The highest BCUT2D eigenvalue weighted by Crippen LogP contribution is 2.09. The van der Waals surface area contributed by atoms with Crippen molar-refractivity contribution in [2.45, 2.75) is 39.3 Å². The summed E-state index contributed by atoms with van der Waals surface area (Å²) >= 11 is 0. The Kier molecular flexibility index (Phi) is 3.87. The third-order valence-corrected chi connectivity index (χ3v) is 2.33. The van der Waals surface area contributed by atoms with Gasteiger partial charge in [-0.3, -0.25) is 19.9 Å². The number of nitrogens with one attached hydrogen (secondary N) is 1. The van der Waals surface area contributed by atoms with Gasteiger partial charge in [-0.1, -0.05) is 6.92 Å². The molecule has 1 aliphatic rings. The van der Waals surface area contributed by atoms with E-state index < -0.39 is 6.04 Å². The van der Waals surface area contributed by atoms with Crippen molar-refractivity contribution in [1.29, 1.82) is 0 Å². The summed E-state index contributed by atoms with van der Waals surface area (Å²) in [5, 5.41) is 2.29. The molecule has 0 aliphatic carbocycles. The lowest BCUT2D eigenvalue weighted by atomic mass is 10.1. The summed E-state index contributed by atoms with van der Waals surface area (Å²) in [5.74, 6) is -0.387. The van der Waals surface area contributed by atoms with Crippen LogP contribution in [0.4, 0.5) is 0 Å². The Bertz CT molecular complexity index is 325. The molecule has 1 fully saturated rings. The smallest absolute Gasteiger partial charge is 0.249 e. The highest BCUT2D eigenvalue weighted by atomic mass is 16.2. The zero-order valence-electron chi connectivity index (χ0n) is 9.86. The molecule has 0 radical (unpaired) electrons. The maximum atomic E-state index is 11.6. The lowest BCUT2D eigenvalue weighted by molar-refractivity contribution is -0.137. The fourth-order valence-electron chi connectivity index (χ4n) is 1.65. The second-order valence-electron chi connectivity index (χ2n) is 4.05.